The second-order valence-electron chi connectivity index (χ2n) is 6.66. The molecular weight excluding hydrogens is 380 g/mol. The van der Waals surface area contributed by atoms with E-state index in [1.165, 1.54) is 21.6 Å². The van der Waals surface area contributed by atoms with Crippen molar-refractivity contribution >= 4 is 17.3 Å². The normalized spacial score (nSPS) is 11.4. The van der Waals surface area contributed by atoms with E-state index in [1.807, 2.05) is 36.5 Å². The summed E-state index contributed by atoms with van der Waals surface area (Å²) < 4.78 is 5.92. The molecule has 0 radical (unpaired) electrons. The first-order chi connectivity index (χ1) is 14.2. The van der Waals surface area contributed by atoms with E-state index in [1.54, 1.807) is 11.3 Å². The number of hydrogen-bond acceptors (Lipinski definition) is 4. The Balaban J connectivity index is 1.58. The third-order valence-electron chi connectivity index (χ3n) is 4.32. The number of ether oxygens (including phenoxy) is 1. The summed E-state index contributed by atoms with van der Waals surface area (Å²) in [7, 11) is 0. The summed E-state index contributed by atoms with van der Waals surface area (Å²) in [5, 5.41) is 7.72. The van der Waals surface area contributed by atoms with E-state index in [-0.39, 0.29) is 0 Å². The van der Waals surface area contributed by atoms with Crippen LogP contribution < -0.4 is 10.6 Å². The van der Waals surface area contributed by atoms with Gasteiger partial charge in [0, 0.05) is 17.6 Å². The molecule has 0 unspecified atom stereocenters. The van der Waals surface area contributed by atoms with Gasteiger partial charge in [-0.25, -0.2) is 9.98 Å². The molecule has 0 atom stereocenters. The number of benzene rings is 2. The van der Waals surface area contributed by atoms with Gasteiger partial charge < -0.3 is 15.4 Å². The molecule has 5 nitrogen and oxygen atoms in total. The van der Waals surface area contributed by atoms with Crippen LogP contribution in [0.4, 0.5) is 0 Å². The molecule has 3 rings (SSSR count). The van der Waals surface area contributed by atoms with Crippen molar-refractivity contribution in [1.29, 1.82) is 0 Å². The maximum absolute atomic E-state index is 5.92. The molecule has 1 aromatic heterocycles. The van der Waals surface area contributed by atoms with Crippen LogP contribution in [-0.2, 0) is 31.0 Å². The number of aliphatic imine (C=N–C) groups is 1. The van der Waals surface area contributed by atoms with Crippen molar-refractivity contribution in [3.05, 3.63) is 87.4 Å². The molecular formula is C23H28N4OS. The molecule has 3 aromatic rings. The first-order valence-corrected chi connectivity index (χ1v) is 10.7. The summed E-state index contributed by atoms with van der Waals surface area (Å²) in [6, 6.07) is 18.5. The average molecular weight is 409 g/mol. The summed E-state index contributed by atoms with van der Waals surface area (Å²) in [5.74, 6) is 0.792. The van der Waals surface area contributed by atoms with Crippen molar-refractivity contribution in [2.45, 2.75) is 40.2 Å². The molecule has 0 aliphatic carbocycles. The van der Waals surface area contributed by atoms with Crippen molar-refractivity contribution in [2.24, 2.45) is 4.99 Å². The zero-order valence-corrected chi connectivity index (χ0v) is 17.8. The lowest BCUT2D eigenvalue weighted by Crippen LogP contribution is -2.36. The zero-order valence-electron chi connectivity index (χ0n) is 17.0. The number of aromatic nitrogens is 1. The Hall–Kier alpha value is -2.70. The molecule has 2 aromatic carbocycles. The van der Waals surface area contributed by atoms with Gasteiger partial charge in [-0.2, -0.15) is 0 Å². The minimum Gasteiger partial charge on any atom is -0.372 e. The highest BCUT2D eigenvalue weighted by molar-refractivity contribution is 7.11. The number of thiazole rings is 1. The molecule has 2 N–H and O–H groups in total. The molecule has 1 heterocycles. The van der Waals surface area contributed by atoms with E-state index in [2.05, 4.69) is 53.7 Å². The summed E-state index contributed by atoms with van der Waals surface area (Å²) in [6.07, 6.45) is 1.90. The smallest absolute Gasteiger partial charge is 0.191 e. The third kappa shape index (κ3) is 7.00. The number of aryl methyl sites for hydroxylation is 1. The van der Waals surface area contributed by atoms with Crippen molar-refractivity contribution in [3.63, 3.8) is 0 Å². The standard InChI is InChI=1S/C23H28N4OS/c1-3-24-23(27-15-22-25-13-18(2)29-22)26-14-20-11-7-8-12-21(20)17-28-16-19-9-5-4-6-10-19/h4-13H,3,14-17H2,1-2H3,(H2,24,26,27). The van der Waals surface area contributed by atoms with E-state index in [9.17, 15) is 0 Å². The molecule has 152 valence electrons. The van der Waals surface area contributed by atoms with E-state index in [4.69, 9.17) is 9.73 Å². The van der Waals surface area contributed by atoms with Gasteiger partial charge >= 0.3 is 0 Å². The van der Waals surface area contributed by atoms with Gasteiger partial charge in [0.2, 0.25) is 0 Å². The number of guanidine groups is 1. The number of hydrogen-bond donors (Lipinski definition) is 2. The van der Waals surface area contributed by atoms with Crippen LogP contribution in [0.25, 0.3) is 0 Å². The Morgan fingerprint density at radius 3 is 2.48 bits per heavy atom. The number of nitrogens with zero attached hydrogens (tertiary/aromatic N) is 2. The maximum Gasteiger partial charge on any atom is 0.191 e. The van der Waals surface area contributed by atoms with E-state index in [0.29, 0.717) is 26.3 Å². The second-order valence-corrected chi connectivity index (χ2v) is 7.98. The highest BCUT2D eigenvalue weighted by Gasteiger charge is 2.05. The van der Waals surface area contributed by atoms with Gasteiger partial charge in [0.1, 0.15) is 5.01 Å². The van der Waals surface area contributed by atoms with Gasteiger partial charge in [0.15, 0.2) is 5.96 Å². The Bertz CT molecular complexity index is 908. The van der Waals surface area contributed by atoms with Crippen molar-refractivity contribution in [3.8, 4) is 0 Å². The Labute approximate surface area is 176 Å². The molecule has 0 fully saturated rings. The van der Waals surface area contributed by atoms with E-state index in [0.717, 1.165) is 17.5 Å². The molecule has 0 amide bonds. The fraction of sp³-hybridized carbons (Fsp3) is 0.304. The van der Waals surface area contributed by atoms with E-state index < -0.39 is 0 Å². The second kappa shape index (κ2) is 11.3. The molecule has 29 heavy (non-hydrogen) atoms. The lowest BCUT2D eigenvalue weighted by molar-refractivity contribution is 0.106. The summed E-state index contributed by atoms with van der Waals surface area (Å²) >= 11 is 1.70. The van der Waals surface area contributed by atoms with Crippen LogP contribution in [0.2, 0.25) is 0 Å². The molecule has 0 saturated carbocycles. The van der Waals surface area contributed by atoms with Crippen LogP contribution in [0, 0.1) is 6.92 Å². The highest BCUT2D eigenvalue weighted by Crippen LogP contribution is 2.13. The van der Waals surface area contributed by atoms with Crippen molar-refractivity contribution < 1.29 is 4.74 Å². The molecule has 6 heteroatoms. The summed E-state index contributed by atoms with van der Waals surface area (Å²) in [5.41, 5.74) is 3.51. The maximum atomic E-state index is 5.92. The van der Waals surface area contributed by atoms with Gasteiger partial charge in [-0.1, -0.05) is 54.6 Å². The van der Waals surface area contributed by atoms with Crippen LogP contribution in [0.1, 0.15) is 33.5 Å². The van der Waals surface area contributed by atoms with Crippen LogP contribution >= 0.6 is 11.3 Å². The highest BCUT2D eigenvalue weighted by atomic mass is 32.1. The van der Waals surface area contributed by atoms with Crippen LogP contribution in [0.3, 0.4) is 0 Å². The van der Waals surface area contributed by atoms with Gasteiger partial charge in [-0.15, -0.1) is 11.3 Å². The Morgan fingerprint density at radius 1 is 1.00 bits per heavy atom. The zero-order chi connectivity index (χ0) is 20.3. The largest absolute Gasteiger partial charge is 0.372 e. The van der Waals surface area contributed by atoms with Crippen molar-refractivity contribution in [2.75, 3.05) is 6.54 Å². The van der Waals surface area contributed by atoms with Gasteiger partial charge in [0.05, 0.1) is 26.3 Å². The fourth-order valence-corrected chi connectivity index (χ4v) is 3.58. The monoisotopic (exact) mass is 408 g/mol. The van der Waals surface area contributed by atoms with Crippen LogP contribution in [-0.4, -0.2) is 17.5 Å². The van der Waals surface area contributed by atoms with Crippen LogP contribution in [0.5, 0.6) is 0 Å². The van der Waals surface area contributed by atoms with Crippen LogP contribution in [0.15, 0.2) is 65.8 Å². The van der Waals surface area contributed by atoms with E-state index >= 15 is 0 Å². The third-order valence-corrected chi connectivity index (χ3v) is 5.23. The summed E-state index contributed by atoms with van der Waals surface area (Å²) in [6.45, 7) is 7.39. The van der Waals surface area contributed by atoms with Gasteiger partial charge in [-0.3, -0.25) is 0 Å². The number of nitrogens with one attached hydrogen (secondary N) is 2. The molecule has 0 saturated heterocycles. The predicted octanol–water partition coefficient (Wildman–Crippen LogP) is 4.42. The first kappa shape index (κ1) is 21.0. The minimum atomic E-state index is 0.572. The molecule has 0 spiro atoms. The summed E-state index contributed by atoms with van der Waals surface area (Å²) in [4.78, 5) is 10.4. The number of rotatable bonds is 9. The molecule has 0 aliphatic heterocycles. The first-order valence-electron chi connectivity index (χ1n) is 9.86. The average Bonchev–Trinajstić information content (AvgIpc) is 3.17. The molecule has 0 bridgehead atoms. The fourth-order valence-electron chi connectivity index (χ4n) is 2.85. The Kier molecular flexibility index (Phi) is 8.22. The van der Waals surface area contributed by atoms with Crippen molar-refractivity contribution in [1.82, 2.24) is 15.6 Å². The minimum absolute atomic E-state index is 0.572. The molecule has 0 aliphatic rings. The lowest BCUT2D eigenvalue weighted by atomic mass is 10.1. The topological polar surface area (TPSA) is 58.5 Å². The SMILES string of the molecule is CCNC(=NCc1ccccc1COCc1ccccc1)NCc1ncc(C)s1. The van der Waals surface area contributed by atoms with Gasteiger partial charge in [0.25, 0.3) is 0 Å². The predicted molar refractivity (Wildman–Crippen MR) is 120 cm³/mol. The van der Waals surface area contributed by atoms with Gasteiger partial charge in [-0.05, 0) is 30.5 Å². The quantitative estimate of drug-likeness (QED) is 0.406. The lowest BCUT2D eigenvalue weighted by Gasteiger charge is -2.12. The Morgan fingerprint density at radius 2 is 1.76 bits per heavy atom.